The Bertz CT molecular complexity index is 1620. The molecule has 0 aliphatic carbocycles. The molecule has 33 heavy (non-hydrogen) atoms. The number of aromatic nitrogens is 3. The fourth-order valence-electron chi connectivity index (χ4n) is 4.22. The van der Waals surface area contributed by atoms with Crippen LogP contribution >= 0.6 is 0 Å². The predicted octanol–water partition coefficient (Wildman–Crippen LogP) is 7.12. The van der Waals surface area contributed by atoms with Crippen molar-refractivity contribution in [2.24, 2.45) is 0 Å². The Kier molecular flexibility index (Phi) is 5.81. The van der Waals surface area contributed by atoms with E-state index >= 15 is 0 Å². The van der Waals surface area contributed by atoms with Crippen molar-refractivity contribution >= 4 is 54.3 Å². The number of fused-ring (bicyclic) bond motifs is 8. The average Bonchev–Trinajstić information content (AvgIpc) is 2.88. The van der Waals surface area contributed by atoms with Crippen LogP contribution in [0.2, 0.25) is 0 Å². The molecule has 0 bridgehead atoms. The van der Waals surface area contributed by atoms with Crippen molar-refractivity contribution in [3.63, 3.8) is 0 Å². The number of benzene rings is 4. The molecule has 0 radical (unpaired) electrons. The van der Waals surface area contributed by atoms with Crippen molar-refractivity contribution in [1.29, 1.82) is 0 Å². The fourth-order valence-corrected chi connectivity index (χ4v) is 4.22. The van der Waals surface area contributed by atoms with Gasteiger partial charge in [-0.05, 0) is 34.5 Å². The third-order valence-corrected chi connectivity index (χ3v) is 5.73. The molecule has 3 nitrogen and oxygen atoms in total. The van der Waals surface area contributed by atoms with Crippen molar-refractivity contribution < 1.29 is 21.1 Å². The number of nitrogens with zero attached hydrogens (tertiary/aromatic N) is 3. The first-order valence-corrected chi connectivity index (χ1v) is 10.5. The molecule has 0 amide bonds. The summed E-state index contributed by atoms with van der Waals surface area (Å²) in [6.07, 6.45) is 5.50. The van der Waals surface area contributed by atoms with Gasteiger partial charge >= 0.3 is 0 Å². The van der Waals surface area contributed by atoms with Crippen LogP contribution in [0, 0.1) is 6.07 Å². The average molecular weight is 604 g/mol. The van der Waals surface area contributed by atoms with Gasteiger partial charge in [-0.1, -0.05) is 54.6 Å². The SMILES string of the molecule is [Pt].[c-]1cccc2ccc3cccnc3c12.c1cnc2c(c1)ccc1ccc3cccnc3c12. The molecule has 7 rings (SSSR count). The number of rotatable bonds is 0. The zero-order chi connectivity index (χ0) is 21.3. The molecule has 0 aliphatic heterocycles. The van der Waals surface area contributed by atoms with E-state index in [1.807, 2.05) is 48.9 Å². The molecule has 0 atom stereocenters. The van der Waals surface area contributed by atoms with Crippen LogP contribution in [-0.4, -0.2) is 15.0 Å². The smallest absolute Gasteiger partial charge is 0.0802 e. The van der Waals surface area contributed by atoms with Gasteiger partial charge in [-0.3, -0.25) is 9.97 Å². The Hall–Kier alpha value is -3.68. The summed E-state index contributed by atoms with van der Waals surface area (Å²) in [6, 6.07) is 34.1. The molecule has 4 heteroatoms. The summed E-state index contributed by atoms with van der Waals surface area (Å²) in [4.78, 5) is 13.4. The molecule has 4 aromatic carbocycles. The molecule has 0 spiro atoms. The van der Waals surface area contributed by atoms with Crippen molar-refractivity contribution in [1.82, 2.24) is 15.0 Å². The van der Waals surface area contributed by atoms with E-state index in [9.17, 15) is 0 Å². The fraction of sp³-hybridized carbons (Fsp3) is 0. The van der Waals surface area contributed by atoms with Crippen molar-refractivity contribution in [3.8, 4) is 0 Å². The second-order valence-corrected chi connectivity index (χ2v) is 7.65. The third-order valence-electron chi connectivity index (χ3n) is 5.73. The van der Waals surface area contributed by atoms with Crippen LogP contribution in [0.25, 0.3) is 54.3 Å². The van der Waals surface area contributed by atoms with E-state index in [4.69, 9.17) is 0 Å². The standard InChI is InChI=1S/C16H10N2.C13H8N.Pt/c1-3-12-7-5-11-6-8-13-4-2-10-18-16(13)14(11)15(12)17-9-1;1-2-6-12-10(4-1)7-8-11-5-3-9-14-13(11)12;/h1-10H;1-5,7-9H;/q;-1;. The summed E-state index contributed by atoms with van der Waals surface area (Å²) in [5, 5.41) is 8.11. The van der Waals surface area contributed by atoms with Crippen LogP contribution in [0.15, 0.2) is 110 Å². The molecule has 0 unspecified atom stereocenters. The molecular weight excluding hydrogens is 585 g/mol. The number of pyridine rings is 3. The summed E-state index contributed by atoms with van der Waals surface area (Å²) >= 11 is 0. The largest absolute Gasteiger partial charge is 0.304 e. The zero-order valence-corrected chi connectivity index (χ0v) is 19.8. The van der Waals surface area contributed by atoms with E-state index < -0.39 is 0 Å². The Morgan fingerprint density at radius 1 is 0.455 bits per heavy atom. The van der Waals surface area contributed by atoms with E-state index in [1.54, 1.807) is 0 Å². The predicted molar refractivity (Wildman–Crippen MR) is 133 cm³/mol. The number of hydrogen-bond donors (Lipinski definition) is 0. The van der Waals surface area contributed by atoms with Gasteiger partial charge in [0.1, 0.15) is 0 Å². The summed E-state index contributed by atoms with van der Waals surface area (Å²) in [7, 11) is 0. The maximum atomic E-state index is 4.52. The molecule has 0 N–H and O–H groups in total. The Balaban J connectivity index is 0.000000138. The molecule has 160 valence electrons. The second-order valence-electron chi connectivity index (χ2n) is 7.65. The minimum Gasteiger partial charge on any atom is -0.304 e. The minimum atomic E-state index is 0. The number of hydrogen-bond acceptors (Lipinski definition) is 3. The topological polar surface area (TPSA) is 38.7 Å². The van der Waals surface area contributed by atoms with Gasteiger partial charge in [0, 0.05) is 55.8 Å². The molecule has 3 aromatic heterocycles. The maximum absolute atomic E-state index is 4.52. The molecule has 0 saturated heterocycles. The van der Waals surface area contributed by atoms with Gasteiger partial charge in [-0.15, -0.1) is 35.0 Å². The van der Waals surface area contributed by atoms with Crippen molar-refractivity contribution in [2.45, 2.75) is 0 Å². The van der Waals surface area contributed by atoms with E-state index in [-0.39, 0.29) is 21.1 Å². The minimum absolute atomic E-state index is 0. The van der Waals surface area contributed by atoms with Gasteiger partial charge in [0.15, 0.2) is 0 Å². The van der Waals surface area contributed by atoms with Crippen molar-refractivity contribution in [2.75, 3.05) is 0 Å². The van der Waals surface area contributed by atoms with E-state index in [0.29, 0.717) is 0 Å². The first-order valence-electron chi connectivity index (χ1n) is 10.5. The van der Waals surface area contributed by atoms with Crippen LogP contribution in [0.1, 0.15) is 0 Å². The normalized spacial score (nSPS) is 10.8. The summed E-state index contributed by atoms with van der Waals surface area (Å²) in [6.45, 7) is 0. The molecule has 3 heterocycles. The van der Waals surface area contributed by atoms with Gasteiger partial charge < -0.3 is 4.98 Å². The van der Waals surface area contributed by atoms with E-state index in [0.717, 1.165) is 38.1 Å². The van der Waals surface area contributed by atoms with Crippen LogP contribution in [0.3, 0.4) is 0 Å². The third kappa shape index (κ3) is 3.86. The Labute approximate surface area is 205 Å². The van der Waals surface area contributed by atoms with Gasteiger partial charge in [0.2, 0.25) is 0 Å². The van der Waals surface area contributed by atoms with Crippen LogP contribution < -0.4 is 0 Å². The molecule has 7 aromatic rings. The second kappa shape index (κ2) is 9.05. The summed E-state index contributed by atoms with van der Waals surface area (Å²) in [5.41, 5.74) is 3.09. The van der Waals surface area contributed by atoms with Crippen LogP contribution in [-0.2, 0) is 21.1 Å². The maximum Gasteiger partial charge on any atom is 0.0802 e. The van der Waals surface area contributed by atoms with Gasteiger partial charge in [-0.25, -0.2) is 0 Å². The van der Waals surface area contributed by atoms with Gasteiger partial charge in [0.25, 0.3) is 0 Å². The Morgan fingerprint density at radius 2 is 0.909 bits per heavy atom. The summed E-state index contributed by atoms with van der Waals surface area (Å²) < 4.78 is 0. The molecule has 0 saturated carbocycles. The quantitative estimate of drug-likeness (QED) is 0.137. The van der Waals surface area contributed by atoms with Crippen LogP contribution in [0.5, 0.6) is 0 Å². The van der Waals surface area contributed by atoms with Crippen molar-refractivity contribution in [3.05, 3.63) is 116 Å². The zero-order valence-electron chi connectivity index (χ0n) is 17.6. The van der Waals surface area contributed by atoms with E-state index in [2.05, 4.69) is 81.7 Å². The summed E-state index contributed by atoms with van der Waals surface area (Å²) in [5.74, 6) is 0. The van der Waals surface area contributed by atoms with Gasteiger partial charge in [0.05, 0.1) is 11.0 Å². The molecule has 0 aliphatic rings. The molecular formula is C29H18N3Pt-. The first-order chi connectivity index (χ1) is 15.9. The van der Waals surface area contributed by atoms with E-state index in [1.165, 1.54) is 16.2 Å². The first kappa shape index (κ1) is 21.2. The van der Waals surface area contributed by atoms with Gasteiger partial charge in [-0.2, -0.15) is 0 Å². The van der Waals surface area contributed by atoms with Crippen LogP contribution in [0.4, 0.5) is 0 Å². The monoisotopic (exact) mass is 603 g/mol. The molecule has 0 fully saturated rings. The Morgan fingerprint density at radius 3 is 1.52 bits per heavy atom.